The molecule has 0 unspecified atom stereocenters. The van der Waals surface area contributed by atoms with E-state index in [9.17, 15) is 9.59 Å². The van der Waals surface area contributed by atoms with Crippen molar-refractivity contribution in [3.63, 3.8) is 0 Å². The number of nitrogens with zero attached hydrogens (tertiary/aromatic N) is 3. The molecule has 4 rings (SSSR count). The molecule has 162 valence electrons. The number of hydrogen-bond donors (Lipinski definition) is 1. The van der Waals surface area contributed by atoms with Gasteiger partial charge >= 0.3 is 5.97 Å². The lowest BCUT2D eigenvalue weighted by atomic mass is 9.91. The van der Waals surface area contributed by atoms with Gasteiger partial charge in [-0.3, -0.25) is 14.9 Å². The fourth-order valence-corrected chi connectivity index (χ4v) is 4.07. The average Bonchev–Trinajstić information content (AvgIpc) is 2.80. The molecule has 8 heteroatoms. The number of esters is 1. The molecule has 2 aliphatic heterocycles. The summed E-state index contributed by atoms with van der Waals surface area (Å²) in [6.07, 6.45) is 0. The summed E-state index contributed by atoms with van der Waals surface area (Å²) in [5, 5.41) is 3.41. The van der Waals surface area contributed by atoms with Crippen LogP contribution in [-0.4, -0.2) is 55.5 Å². The zero-order valence-electron chi connectivity index (χ0n) is 17.3. The second-order valence-electron chi connectivity index (χ2n) is 7.48. The van der Waals surface area contributed by atoms with Crippen LogP contribution in [0.2, 0.25) is 5.02 Å². The fourth-order valence-electron chi connectivity index (χ4n) is 3.94. The number of rotatable bonds is 4. The predicted octanol–water partition coefficient (Wildman–Crippen LogP) is 2.87. The van der Waals surface area contributed by atoms with Crippen molar-refractivity contribution in [1.82, 2.24) is 10.2 Å². The van der Waals surface area contributed by atoms with Gasteiger partial charge in [-0.2, -0.15) is 0 Å². The molecule has 1 saturated heterocycles. The second kappa shape index (κ2) is 9.39. The summed E-state index contributed by atoms with van der Waals surface area (Å²) in [6, 6.07) is 16.7. The SMILES string of the molecule is CCOC(=O)[C@H]1C(=O)NC(N2CCN(c3ccccc3)CC2)=N[C@@H]1c1ccc(Cl)cc1. The van der Waals surface area contributed by atoms with Gasteiger partial charge < -0.3 is 14.5 Å². The first-order chi connectivity index (χ1) is 15.1. The molecule has 1 fully saturated rings. The Labute approximate surface area is 186 Å². The molecule has 31 heavy (non-hydrogen) atoms. The van der Waals surface area contributed by atoms with Crippen molar-refractivity contribution in [2.24, 2.45) is 10.9 Å². The smallest absolute Gasteiger partial charge is 0.321 e. The first kappa shape index (κ1) is 21.2. The van der Waals surface area contributed by atoms with Crippen molar-refractivity contribution >= 4 is 35.1 Å². The number of guanidine groups is 1. The van der Waals surface area contributed by atoms with E-state index in [1.165, 1.54) is 5.69 Å². The third-order valence-corrected chi connectivity index (χ3v) is 5.80. The van der Waals surface area contributed by atoms with E-state index >= 15 is 0 Å². The van der Waals surface area contributed by atoms with E-state index in [0.717, 1.165) is 18.7 Å². The molecule has 0 saturated carbocycles. The lowest BCUT2D eigenvalue weighted by Gasteiger charge is -2.39. The number of carbonyl (C=O) groups is 2. The highest BCUT2D eigenvalue weighted by Crippen LogP contribution is 2.32. The number of aliphatic imine (C=N–C) groups is 1. The standard InChI is InChI=1S/C23H25ClN4O3/c1-2-31-22(30)19-20(16-8-10-17(24)11-9-16)25-23(26-21(19)29)28-14-12-27(13-15-28)18-6-4-3-5-7-18/h3-11,19-20H,2,12-15H2,1H3,(H,25,26,29)/t19-,20-/m1/s1. The Kier molecular flexibility index (Phi) is 6.42. The highest BCUT2D eigenvalue weighted by molar-refractivity contribution is 6.30. The van der Waals surface area contributed by atoms with Crippen molar-refractivity contribution in [3.05, 3.63) is 65.2 Å². The summed E-state index contributed by atoms with van der Waals surface area (Å²) in [5.74, 6) is -1.50. The molecule has 0 aliphatic carbocycles. The van der Waals surface area contributed by atoms with E-state index < -0.39 is 23.8 Å². The molecule has 2 aromatic carbocycles. The minimum atomic E-state index is -1.03. The minimum absolute atomic E-state index is 0.202. The molecular weight excluding hydrogens is 416 g/mol. The van der Waals surface area contributed by atoms with Gasteiger partial charge in [0.05, 0.1) is 6.61 Å². The zero-order valence-corrected chi connectivity index (χ0v) is 18.1. The van der Waals surface area contributed by atoms with Gasteiger partial charge in [-0.25, -0.2) is 4.99 Å². The first-order valence-corrected chi connectivity index (χ1v) is 10.8. The van der Waals surface area contributed by atoms with E-state index in [2.05, 4.69) is 27.2 Å². The quantitative estimate of drug-likeness (QED) is 0.584. The third kappa shape index (κ3) is 4.66. The number of piperazine rings is 1. The average molecular weight is 441 g/mol. The normalized spacial score (nSPS) is 21.4. The van der Waals surface area contributed by atoms with E-state index in [-0.39, 0.29) is 6.61 Å². The van der Waals surface area contributed by atoms with Gasteiger partial charge in [-0.1, -0.05) is 41.9 Å². The topological polar surface area (TPSA) is 74.2 Å². The molecule has 1 amide bonds. The maximum atomic E-state index is 12.9. The number of anilines is 1. The molecule has 0 aromatic heterocycles. The minimum Gasteiger partial charge on any atom is -0.465 e. The van der Waals surface area contributed by atoms with Crippen molar-refractivity contribution in [2.45, 2.75) is 13.0 Å². The molecule has 1 N–H and O–H groups in total. The Morgan fingerprint density at radius 2 is 1.71 bits per heavy atom. The summed E-state index contributed by atoms with van der Waals surface area (Å²) in [4.78, 5) is 34.6. The van der Waals surface area contributed by atoms with Gasteiger partial charge in [0.25, 0.3) is 0 Å². The van der Waals surface area contributed by atoms with Gasteiger partial charge in [-0.05, 0) is 36.8 Å². The van der Waals surface area contributed by atoms with Crippen LogP contribution in [0.4, 0.5) is 5.69 Å². The van der Waals surface area contributed by atoms with Crippen LogP contribution in [0.3, 0.4) is 0 Å². The molecule has 2 atom stereocenters. The second-order valence-corrected chi connectivity index (χ2v) is 7.91. The first-order valence-electron chi connectivity index (χ1n) is 10.4. The van der Waals surface area contributed by atoms with Crippen LogP contribution >= 0.6 is 11.6 Å². The maximum Gasteiger partial charge on any atom is 0.321 e. The molecule has 2 aliphatic rings. The summed E-state index contributed by atoms with van der Waals surface area (Å²) in [7, 11) is 0. The van der Waals surface area contributed by atoms with Gasteiger partial charge in [0.15, 0.2) is 5.92 Å². The van der Waals surface area contributed by atoms with Gasteiger partial charge in [0, 0.05) is 36.9 Å². The summed E-state index contributed by atoms with van der Waals surface area (Å²) >= 11 is 6.02. The highest BCUT2D eigenvalue weighted by atomic mass is 35.5. The van der Waals surface area contributed by atoms with Gasteiger partial charge in [0.1, 0.15) is 6.04 Å². The number of hydrogen-bond acceptors (Lipinski definition) is 6. The molecule has 0 bridgehead atoms. The number of amides is 1. The van der Waals surface area contributed by atoms with Crippen LogP contribution in [0.15, 0.2) is 59.6 Å². The predicted molar refractivity (Wildman–Crippen MR) is 120 cm³/mol. The molecule has 0 radical (unpaired) electrons. The lowest BCUT2D eigenvalue weighted by Crippen LogP contribution is -2.57. The van der Waals surface area contributed by atoms with Crippen LogP contribution < -0.4 is 10.2 Å². The largest absolute Gasteiger partial charge is 0.465 e. The number of ether oxygens (including phenoxy) is 1. The number of benzene rings is 2. The number of nitrogens with one attached hydrogen (secondary N) is 1. The Hall–Kier alpha value is -3.06. The van der Waals surface area contributed by atoms with Crippen LogP contribution in [0, 0.1) is 5.92 Å². The summed E-state index contributed by atoms with van der Waals surface area (Å²) in [6.45, 7) is 4.97. The molecule has 0 spiro atoms. The van der Waals surface area contributed by atoms with Gasteiger partial charge in [-0.15, -0.1) is 0 Å². The zero-order chi connectivity index (χ0) is 21.8. The maximum absolute atomic E-state index is 12.9. The number of carbonyl (C=O) groups excluding carboxylic acids is 2. The number of para-hydroxylation sites is 1. The Balaban J connectivity index is 1.56. The Bertz CT molecular complexity index is 957. The molecular formula is C23H25ClN4O3. The van der Waals surface area contributed by atoms with Crippen LogP contribution in [0.5, 0.6) is 0 Å². The van der Waals surface area contributed by atoms with E-state index in [0.29, 0.717) is 24.1 Å². The van der Waals surface area contributed by atoms with Crippen molar-refractivity contribution in [2.75, 3.05) is 37.7 Å². The van der Waals surface area contributed by atoms with E-state index in [1.54, 1.807) is 31.2 Å². The molecule has 7 nitrogen and oxygen atoms in total. The van der Waals surface area contributed by atoms with E-state index in [4.69, 9.17) is 21.3 Å². The highest BCUT2D eigenvalue weighted by Gasteiger charge is 2.42. The van der Waals surface area contributed by atoms with E-state index in [1.807, 2.05) is 18.2 Å². The summed E-state index contributed by atoms with van der Waals surface area (Å²) < 4.78 is 5.16. The lowest BCUT2D eigenvalue weighted by molar-refractivity contribution is -0.153. The molecule has 2 heterocycles. The molecule has 2 aromatic rings. The number of halogens is 1. The van der Waals surface area contributed by atoms with Crippen molar-refractivity contribution in [3.8, 4) is 0 Å². The van der Waals surface area contributed by atoms with Crippen molar-refractivity contribution in [1.29, 1.82) is 0 Å². The van der Waals surface area contributed by atoms with Crippen LogP contribution in [-0.2, 0) is 14.3 Å². The Morgan fingerprint density at radius 1 is 1.06 bits per heavy atom. The summed E-state index contributed by atoms with van der Waals surface area (Å²) in [5.41, 5.74) is 1.93. The van der Waals surface area contributed by atoms with Gasteiger partial charge in [0.2, 0.25) is 11.9 Å². The van der Waals surface area contributed by atoms with Crippen LogP contribution in [0.25, 0.3) is 0 Å². The third-order valence-electron chi connectivity index (χ3n) is 5.55. The van der Waals surface area contributed by atoms with Crippen molar-refractivity contribution < 1.29 is 14.3 Å². The Morgan fingerprint density at radius 3 is 2.35 bits per heavy atom. The fraction of sp³-hybridized carbons (Fsp3) is 0.348. The van der Waals surface area contributed by atoms with Crippen LogP contribution in [0.1, 0.15) is 18.5 Å². The monoisotopic (exact) mass is 440 g/mol.